The van der Waals surface area contributed by atoms with Gasteiger partial charge in [0.05, 0.1) is 17.6 Å². The molecule has 0 aliphatic carbocycles. The molecule has 2 aromatic rings. The monoisotopic (exact) mass is 351 g/mol. The Morgan fingerprint density at radius 2 is 2.21 bits per heavy atom. The molecular formula is C16H25N5O2S. The van der Waals surface area contributed by atoms with E-state index in [1.54, 1.807) is 0 Å². The van der Waals surface area contributed by atoms with Gasteiger partial charge < -0.3 is 0 Å². The molecule has 0 aromatic carbocycles. The third-order valence-corrected chi connectivity index (χ3v) is 5.84. The third kappa shape index (κ3) is 3.54. The average molecular weight is 351 g/mol. The molecule has 0 bridgehead atoms. The van der Waals surface area contributed by atoms with Crippen LogP contribution in [0.1, 0.15) is 42.6 Å². The van der Waals surface area contributed by atoms with E-state index in [2.05, 4.69) is 33.3 Å². The second-order valence-electron chi connectivity index (χ2n) is 6.59. The van der Waals surface area contributed by atoms with Crippen molar-refractivity contribution in [3.05, 3.63) is 29.3 Å². The highest BCUT2D eigenvalue weighted by Crippen LogP contribution is 2.30. The summed E-state index contributed by atoms with van der Waals surface area (Å²) in [5.41, 5.74) is 3.06. The summed E-state index contributed by atoms with van der Waals surface area (Å²) in [5.74, 6) is 0.174. The number of H-pyrrole nitrogens is 1. The SMILES string of the molecule is CCn1cc(CN2CCC[C@@H](c3[nH]ncc3S(C)(=O)=O)C2)c(C)n1. The van der Waals surface area contributed by atoms with Gasteiger partial charge in [0.25, 0.3) is 0 Å². The zero-order valence-corrected chi connectivity index (χ0v) is 15.3. The van der Waals surface area contributed by atoms with Crippen molar-refractivity contribution in [2.24, 2.45) is 0 Å². The minimum absolute atomic E-state index is 0.174. The van der Waals surface area contributed by atoms with E-state index in [1.165, 1.54) is 18.0 Å². The Hall–Kier alpha value is -1.67. The molecule has 0 amide bonds. The maximum atomic E-state index is 11.9. The normalized spacial score (nSPS) is 19.7. The summed E-state index contributed by atoms with van der Waals surface area (Å²) in [6.07, 6.45) is 6.81. The van der Waals surface area contributed by atoms with Gasteiger partial charge in [-0.25, -0.2) is 8.42 Å². The van der Waals surface area contributed by atoms with Gasteiger partial charge >= 0.3 is 0 Å². The first kappa shape index (κ1) is 17.2. The number of aryl methyl sites for hydroxylation is 2. The molecule has 3 heterocycles. The smallest absolute Gasteiger partial charge is 0.178 e. The van der Waals surface area contributed by atoms with Crippen LogP contribution in [0.25, 0.3) is 0 Å². The van der Waals surface area contributed by atoms with Gasteiger partial charge in [-0.05, 0) is 33.2 Å². The van der Waals surface area contributed by atoms with Crippen LogP contribution in [0.2, 0.25) is 0 Å². The fourth-order valence-electron chi connectivity index (χ4n) is 3.43. The Bertz CT molecular complexity index is 808. The number of aromatic amines is 1. The first-order valence-corrected chi connectivity index (χ1v) is 10.3. The first-order valence-electron chi connectivity index (χ1n) is 8.37. The van der Waals surface area contributed by atoms with Crippen LogP contribution >= 0.6 is 0 Å². The maximum Gasteiger partial charge on any atom is 0.178 e. The van der Waals surface area contributed by atoms with E-state index in [-0.39, 0.29) is 5.92 Å². The van der Waals surface area contributed by atoms with E-state index >= 15 is 0 Å². The topological polar surface area (TPSA) is 83.9 Å². The van der Waals surface area contributed by atoms with Crippen LogP contribution in [0, 0.1) is 6.92 Å². The molecule has 8 heteroatoms. The summed E-state index contributed by atoms with van der Waals surface area (Å²) in [6.45, 7) is 7.70. The van der Waals surface area contributed by atoms with Gasteiger partial charge in [-0.15, -0.1) is 0 Å². The van der Waals surface area contributed by atoms with E-state index in [0.717, 1.165) is 50.4 Å². The lowest BCUT2D eigenvalue weighted by Gasteiger charge is -2.32. The molecule has 24 heavy (non-hydrogen) atoms. The number of rotatable bonds is 5. The Kier molecular flexibility index (Phi) is 4.78. The molecule has 1 aliphatic rings. The highest BCUT2D eigenvalue weighted by molar-refractivity contribution is 7.90. The van der Waals surface area contributed by atoms with E-state index < -0.39 is 9.84 Å². The van der Waals surface area contributed by atoms with E-state index in [1.807, 2.05) is 11.6 Å². The highest BCUT2D eigenvalue weighted by Gasteiger charge is 2.28. The van der Waals surface area contributed by atoms with Crippen molar-refractivity contribution < 1.29 is 8.42 Å². The Labute approximate surface area is 143 Å². The van der Waals surface area contributed by atoms with Gasteiger partial charge in [-0.3, -0.25) is 14.7 Å². The summed E-state index contributed by atoms with van der Waals surface area (Å²) < 4.78 is 25.8. The number of nitrogens with one attached hydrogen (secondary N) is 1. The van der Waals surface area contributed by atoms with Crippen LogP contribution in [0.3, 0.4) is 0 Å². The molecular weight excluding hydrogens is 326 g/mol. The molecule has 0 saturated carbocycles. The van der Waals surface area contributed by atoms with Gasteiger partial charge in [0, 0.05) is 43.6 Å². The van der Waals surface area contributed by atoms with Crippen LogP contribution < -0.4 is 0 Å². The van der Waals surface area contributed by atoms with Crippen molar-refractivity contribution in [3.8, 4) is 0 Å². The maximum absolute atomic E-state index is 11.9. The number of nitrogens with zero attached hydrogens (tertiary/aromatic N) is 4. The second-order valence-corrected chi connectivity index (χ2v) is 8.57. The van der Waals surface area contributed by atoms with Crippen molar-refractivity contribution in [3.63, 3.8) is 0 Å². The van der Waals surface area contributed by atoms with Gasteiger partial charge in [0.15, 0.2) is 9.84 Å². The minimum Gasteiger partial charge on any atom is -0.298 e. The third-order valence-electron chi connectivity index (χ3n) is 4.71. The fourth-order valence-corrected chi connectivity index (χ4v) is 4.28. The Balaban J connectivity index is 1.75. The number of sulfone groups is 1. The lowest BCUT2D eigenvalue weighted by atomic mass is 9.94. The summed E-state index contributed by atoms with van der Waals surface area (Å²) >= 11 is 0. The molecule has 1 saturated heterocycles. The summed E-state index contributed by atoms with van der Waals surface area (Å²) in [5, 5.41) is 11.4. The highest BCUT2D eigenvalue weighted by atomic mass is 32.2. The molecule has 1 fully saturated rings. The molecule has 1 N–H and O–H groups in total. The average Bonchev–Trinajstić information content (AvgIpc) is 3.15. The van der Waals surface area contributed by atoms with Crippen molar-refractivity contribution in [2.75, 3.05) is 19.3 Å². The minimum atomic E-state index is -3.25. The van der Waals surface area contributed by atoms with Crippen LogP contribution in [-0.4, -0.2) is 52.6 Å². The summed E-state index contributed by atoms with van der Waals surface area (Å²) in [6, 6.07) is 0. The van der Waals surface area contributed by atoms with E-state index in [9.17, 15) is 8.42 Å². The van der Waals surface area contributed by atoms with Gasteiger partial charge in [0.2, 0.25) is 0 Å². The van der Waals surface area contributed by atoms with Crippen molar-refractivity contribution in [1.82, 2.24) is 24.9 Å². The lowest BCUT2D eigenvalue weighted by molar-refractivity contribution is 0.197. The lowest BCUT2D eigenvalue weighted by Crippen LogP contribution is -2.34. The zero-order chi connectivity index (χ0) is 17.3. The predicted octanol–water partition coefficient (Wildman–Crippen LogP) is 1.72. The van der Waals surface area contributed by atoms with Gasteiger partial charge in [-0.2, -0.15) is 10.2 Å². The van der Waals surface area contributed by atoms with Crippen LogP contribution in [-0.2, 0) is 22.9 Å². The van der Waals surface area contributed by atoms with Gasteiger partial charge in [-0.1, -0.05) is 0 Å². The standard InChI is InChI=1S/C16H25N5O2S/c1-4-21-11-14(12(2)19-21)10-20-7-5-6-13(9-20)16-15(8-17-18-16)24(3,22)23/h8,11,13H,4-7,9-10H2,1-3H3,(H,17,18)/t13-/m1/s1. The number of aromatic nitrogens is 4. The molecule has 1 aliphatic heterocycles. The first-order chi connectivity index (χ1) is 11.4. The molecule has 0 radical (unpaired) electrons. The molecule has 3 rings (SSSR count). The van der Waals surface area contributed by atoms with Crippen molar-refractivity contribution in [1.29, 1.82) is 0 Å². The summed E-state index contributed by atoms with van der Waals surface area (Å²) in [7, 11) is -3.25. The van der Waals surface area contributed by atoms with E-state index in [0.29, 0.717) is 4.90 Å². The largest absolute Gasteiger partial charge is 0.298 e. The number of hydrogen-bond acceptors (Lipinski definition) is 5. The Morgan fingerprint density at radius 3 is 2.88 bits per heavy atom. The number of likely N-dealkylation sites (tertiary alicyclic amines) is 1. The fraction of sp³-hybridized carbons (Fsp3) is 0.625. The van der Waals surface area contributed by atoms with Crippen molar-refractivity contribution in [2.45, 2.75) is 50.6 Å². The van der Waals surface area contributed by atoms with E-state index in [4.69, 9.17) is 0 Å². The zero-order valence-electron chi connectivity index (χ0n) is 14.5. The molecule has 0 spiro atoms. The quantitative estimate of drug-likeness (QED) is 0.887. The second kappa shape index (κ2) is 6.68. The van der Waals surface area contributed by atoms with Gasteiger partial charge in [0.1, 0.15) is 4.90 Å². The van der Waals surface area contributed by atoms with Crippen LogP contribution in [0.15, 0.2) is 17.3 Å². The summed E-state index contributed by atoms with van der Waals surface area (Å²) in [4.78, 5) is 2.72. The van der Waals surface area contributed by atoms with Crippen LogP contribution in [0.5, 0.6) is 0 Å². The number of piperidine rings is 1. The molecule has 7 nitrogen and oxygen atoms in total. The molecule has 0 unspecified atom stereocenters. The predicted molar refractivity (Wildman–Crippen MR) is 91.6 cm³/mol. The molecule has 132 valence electrons. The van der Waals surface area contributed by atoms with Crippen LogP contribution in [0.4, 0.5) is 0 Å². The molecule has 2 aromatic heterocycles. The number of hydrogen-bond donors (Lipinski definition) is 1. The molecule has 1 atom stereocenters. The van der Waals surface area contributed by atoms with Crippen molar-refractivity contribution >= 4 is 9.84 Å². The Morgan fingerprint density at radius 1 is 1.42 bits per heavy atom.